The van der Waals surface area contributed by atoms with Crippen molar-refractivity contribution in [3.8, 4) is 0 Å². The second-order valence-electron chi connectivity index (χ2n) is 9.50. The summed E-state index contributed by atoms with van der Waals surface area (Å²) < 4.78 is 11.1. The molecule has 0 N–H and O–H groups in total. The molecule has 0 unspecified atom stereocenters. The summed E-state index contributed by atoms with van der Waals surface area (Å²) in [7, 11) is 0. The monoisotopic (exact) mass is 413 g/mol. The Morgan fingerprint density at radius 2 is 1.93 bits per heavy atom. The Morgan fingerprint density at radius 3 is 2.63 bits per heavy atom. The first-order chi connectivity index (χ1) is 14.4. The molecule has 0 aromatic carbocycles. The van der Waals surface area contributed by atoms with Crippen molar-refractivity contribution in [2.24, 2.45) is 5.92 Å². The smallest absolute Gasteiger partial charge is 0.307 e. The highest BCUT2D eigenvalue weighted by Gasteiger charge is 2.26. The van der Waals surface area contributed by atoms with E-state index in [1.54, 1.807) is 12.4 Å². The van der Waals surface area contributed by atoms with Crippen molar-refractivity contribution >= 4 is 5.97 Å². The van der Waals surface area contributed by atoms with Crippen LogP contribution in [0.3, 0.4) is 0 Å². The first-order valence-corrected chi connectivity index (χ1v) is 11.3. The minimum Gasteiger partial charge on any atom is -0.460 e. The van der Waals surface area contributed by atoms with Gasteiger partial charge in [-0.2, -0.15) is 4.98 Å². The molecule has 6 heteroatoms. The lowest BCUT2D eigenvalue weighted by molar-refractivity contribution is -0.155. The summed E-state index contributed by atoms with van der Waals surface area (Å²) in [5.41, 5.74) is 0.587. The van der Waals surface area contributed by atoms with Crippen LogP contribution in [0.25, 0.3) is 0 Å². The molecule has 0 amide bonds. The minimum absolute atomic E-state index is 0.0952. The molecule has 2 heterocycles. The van der Waals surface area contributed by atoms with Gasteiger partial charge in [0.25, 0.3) is 0 Å². The van der Waals surface area contributed by atoms with E-state index in [0.717, 1.165) is 24.3 Å². The Bertz CT molecular complexity index is 776. The van der Waals surface area contributed by atoms with Crippen LogP contribution in [-0.4, -0.2) is 26.7 Å². The van der Waals surface area contributed by atoms with Gasteiger partial charge in [-0.05, 0) is 50.8 Å². The molecule has 2 aromatic heterocycles. The number of carbonyl (C=O) groups excluding carboxylic acids is 1. The normalized spacial score (nSPS) is 16.4. The van der Waals surface area contributed by atoms with Crippen molar-refractivity contribution < 1.29 is 14.1 Å². The lowest BCUT2D eigenvalue weighted by atomic mass is 9.84. The number of rotatable bonds is 9. The number of nitrogens with zero attached hydrogens (tertiary/aromatic N) is 3. The molecule has 0 aliphatic heterocycles. The molecule has 0 saturated heterocycles. The molecule has 1 aliphatic carbocycles. The van der Waals surface area contributed by atoms with Crippen molar-refractivity contribution in [2.75, 3.05) is 0 Å². The fourth-order valence-corrected chi connectivity index (χ4v) is 4.21. The Morgan fingerprint density at radius 1 is 1.20 bits per heavy atom. The van der Waals surface area contributed by atoms with E-state index in [4.69, 9.17) is 9.26 Å². The zero-order valence-corrected chi connectivity index (χ0v) is 18.6. The molecule has 1 saturated carbocycles. The largest absolute Gasteiger partial charge is 0.460 e. The third-order valence-corrected chi connectivity index (χ3v) is 5.67. The maximum Gasteiger partial charge on any atom is 0.307 e. The number of hydrogen-bond acceptors (Lipinski definition) is 6. The minimum atomic E-state index is -0.495. The van der Waals surface area contributed by atoms with E-state index >= 15 is 0 Å². The number of pyridine rings is 1. The average Bonchev–Trinajstić information content (AvgIpc) is 3.16. The van der Waals surface area contributed by atoms with Crippen LogP contribution in [0.15, 0.2) is 29.0 Å². The molecule has 2 aromatic rings. The average molecular weight is 414 g/mol. The Kier molecular flexibility index (Phi) is 8.00. The summed E-state index contributed by atoms with van der Waals surface area (Å²) in [6, 6.07) is 3.89. The Hall–Kier alpha value is -2.24. The van der Waals surface area contributed by atoms with Gasteiger partial charge in [0, 0.05) is 24.7 Å². The van der Waals surface area contributed by atoms with E-state index in [0.29, 0.717) is 18.1 Å². The maximum absolute atomic E-state index is 12.5. The van der Waals surface area contributed by atoms with Crippen LogP contribution in [0.2, 0.25) is 0 Å². The van der Waals surface area contributed by atoms with Crippen molar-refractivity contribution in [2.45, 2.75) is 96.5 Å². The van der Waals surface area contributed by atoms with E-state index in [2.05, 4.69) is 15.1 Å². The standard InChI is InChI=1S/C24H35N3O3/c1-24(2,3)29-22(28)17-20(11-7-10-18-8-5-4-6-9-18)23-26-21(27-30-23)16-19-12-14-25-15-13-19/h12-15,18,20H,4-11,16-17H2,1-3H3/t20-/m1/s1. The van der Waals surface area contributed by atoms with E-state index in [9.17, 15) is 4.79 Å². The molecular formula is C24H35N3O3. The van der Waals surface area contributed by atoms with Gasteiger partial charge in [0.05, 0.1) is 6.42 Å². The predicted octanol–water partition coefficient (Wildman–Crippen LogP) is 5.62. The number of aromatic nitrogens is 3. The van der Waals surface area contributed by atoms with Gasteiger partial charge in [0.2, 0.25) is 5.89 Å². The molecule has 1 atom stereocenters. The summed E-state index contributed by atoms with van der Waals surface area (Å²) in [5, 5.41) is 4.15. The predicted molar refractivity (Wildman–Crippen MR) is 115 cm³/mol. The first-order valence-electron chi connectivity index (χ1n) is 11.3. The third kappa shape index (κ3) is 7.54. The van der Waals surface area contributed by atoms with E-state index in [-0.39, 0.29) is 18.3 Å². The zero-order chi connectivity index (χ0) is 21.4. The number of carbonyl (C=O) groups is 1. The van der Waals surface area contributed by atoms with Crippen LogP contribution in [-0.2, 0) is 16.0 Å². The maximum atomic E-state index is 12.5. The van der Waals surface area contributed by atoms with Crippen LogP contribution in [0.4, 0.5) is 0 Å². The van der Waals surface area contributed by atoms with Crippen molar-refractivity contribution in [3.63, 3.8) is 0 Å². The summed E-state index contributed by atoms with van der Waals surface area (Å²) in [4.78, 5) is 21.1. The quantitative estimate of drug-likeness (QED) is 0.496. The van der Waals surface area contributed by atoms with Crippen LogP contribution in [0.5, 0.6) is 0 Å². The summed E-state index contributed by atoms with van der Waals surface area (Å²) in [6.45, 7) is 5.67. The van der Waals surface area contributed by atoms with E-state index in [1.165, 1.54) is 38.5 Å². The highest BCUT2D eigenvalue weighted by molar-refractivity contribution is 5.70. The van der Waals surface area contributed by atoms with Gasteiger partial charge in [0.1, 0.15) is 5.60 Å². The van der Waals surface area contributed by atoms with E-state index in [1.807, 2.05) is 32.9 Å². The van der Waals surface area contributed by atoms with Gasteiger partial charge in [-0.1, -0.05) is 50.1 Å². The molecule has 30 heavy (non-hydrogen) atoms. The number of esters is 1. The van der Waals surface area contributed by atoms with Gasteiger partial charge in [-0.25, -0.2) is 0 Å². The molecule has 6 nitrogen and oxygen atoms in total. The van der Waals surface area contributed by atoms with Gasteiger partial charge in [-0.15, -0.1) is 0 Å². The molecule has 164 valence electrons. The van der Waals surface area contributed by atoms with Gasteiger partial charge < -0.3 is 9.26 Å². The van der Waals surface area contributed by atoms with Crippen molar-refractivity contribution in [3.05, 3.63) is 41.8 Å². The van der Waals surface area contributed by atoms with Gasteiger partial charge in [0.15, 0.2) is 5.82 Å². The van der Waals surface area contributed by atoms with Crippen LogP contribution in [0, 0.1) is 5.92 Å². The third-order valence-electron chi connectivity index (χ3n) is 5.67. The molecule has 3 rings (SSSR count). The molecule has 1 fully saturated rings. The topological polar surface area (TPSA) is 78.1 Å². The Labute approximate surface area is 179 Å². The van der Waals surface area contributed by atoms with Gasteiger partial charge >= 0.3 is 5.97 Å². The summed E-state index contributed by atoms with van der Waals surface area (Å²) in [5.74, 6) is 1.71. The second-order valence-corrected chi connectivity index (χ2v) is 9.50. The van der Waals surface area contributed by atoms with Crippen LogP contribution >= 0.6 is 0 Å². The SMILES string of the molecule is CC(C)(C)OC(=O)C[C@@H](CCCC1CCCCC1)c1nc(Cc2ccncc2)no1. The summed E-state index contributed by atoms with van der Waals surface area (Å²) >= 11 is 0. The molecule has 0 bridgehead atoms. The lowest BCUT2D eigenvalue weighted by Crippen LogP contribution is -2.25. The van der Waals surface area contributed by atoms with Crippen LogP contribution in [0.1, 0.15) is 102 Å². The molecule has 1 aliphatic rings. The van der Waals surface area contributed by atoms with Crippen molar-refractivity contribution in [1.29, 1.82) is 0 Å². The van der Waals surface area contributed by atoms with E-state index < -0.39 is 5.60 Å². The second kappa shape index (κ2) is 10.7. The van der Waals surface area contributed by atoms with Crippen molar-refractivity contribution in [1.82, 2.24) is 15.1 Å². The zero-order valence-electron chi connectivity index (χ0n) is 18.6. The first kappa shape index (κ1) is 22.4. The number of hydrogen-bond donors (Lipinski definition) is 0. The molecule has 0 radical (unpaired) electrons. The molecular weight excluding hydrogens is 378 g/mol. The Balaban J connectivity index is 1.62. The van der Waals surface area contributed by atoms with Gasteiger partial charge in [-0.3, -0.25) is 9.78 Å². The van der Waals surface area contributed by atoms with Crippen LogP contribution < -0.4 is 0 Å². The lowest BCUT2D eigenvalue weighted by Gasteiger charge is -2.23. The summed E-state index contributed by atoms with van der Waals surface area (Å²) in [6.07, 6.45) is 14.3. The highest BCUT2D eigenvalue weighted by Crippen LogP contribution is 2.31. The fourth-order valence-electron chi connectivity index (χ4n) is 4.21. The fraction of sp³-hybridized carbons (Fsp3) is 0.667. The highest BCUT2D eigenvalue weighted by atomic mass is 16.6. The number of ether oxygens (including phenoxy) is 1. The molecule has 0 spiro atoms.